The molecule has 0 atom stereocenters. The molecule has 0 bridgehead atoms. The topological polar surface area (TPSA) is 26.3 Å². The molecule has 1 aliphatic rings. The van der Waals surface area contributed by atoms with Crippen molar-refractivity contribution in [2.75, 3.05) is 0 Å². The van der Waals surface area contributed by atoms with Crippen molar-refractivity contribution < 1.29 is 8.83 Å². The number of hydrogen-bond donors (Lipinski definition) is 0. The molecule has 0 saturated heterocycles. The predicted octanol–water partition coefficient (Wildman–Crippen LogP) is 13.8. The van der Waals surface area contributed by atoms with Crippen molar-refractivity contribution >= 4 is 43.9 Å². The standard InChI is InChI=1S/C48H28O2/c1-2-12-35-33(10-1)34-11-3-4-13-36(34)42-26-29(30-22-25-47-44(27-30)40-15-6-7-18-45(40)49-47)20-23-38(42)43-28-31(21-24-37(35)43)32-16-9-17-41-39-14-5-8-19-46(39)50-48(32)41/h1-28H. The van der Waals surface area contributed by atoms with Crippen molar-refractivity contribution in [2.24, 2.45) is 0 Å². The van der Waals surface area contributed by atoms with Crippen LogP contribution in [-0.2, 0) is 0 Å². The highest BCUT2D eigenvalue weighted by Gasteiger charge is 2.23. The highest BCUT2D eigenvalue weighted by molar-refractivity contribution is 6.11. The van der Waals surface area contributed by atoms with E-state index in [9.17, 15) is 0 Å². The molecular formula is C48H28O2. The first kappa shape index (κ1) is 27.3. The summed E-state index contributed by atoms with van der Waals surface area (Å²) in [7, 11) is 0. The molecule has 8 aromatic carbocycles. The van der Waals surface area contributed by atoms with Gasteiger partial charge in [-0.2, -0.15) is 0 Å². The number of para-hydroxylation sites is 3. The van der Waals surface area contributed by atoms with Crippen LogP contribution in [0.5, 0.6) is 0 Å². The fourth-order valence-corrected chi connectivity index (χ4v) is 8.14. The maximum Gasteiger partial charge on any atom is 0.143 e. The Labute approximate surface area is 288 Å². The first-order chi connectivity index (χ1) is 24.8. The minimum atomic E-state index is 0.907. The summed E-state index contributed by atoms with van der Waals surface area (Å²) in [4.78, 5) is 0. The maximum atomic E-state index is 6.51. The molecule has 2 nitrogen and oxygen atoms in total. The molecule has 10 aromatic rings. The van der Waals surface area contributed by atoms with Crippen LogP contribution in [0.15, 0.2) is 179 Å². The summed E-state index contributed by atoms with van der Waals surface area (Å²) in [5, 5.41) is 4.55. The molecular weight excluding hydrogens is 609 g/mol. The normalized spacial score (nSPS) is 12.0. The summed E-state index contributed by atoms with van der Waals surface area (Å²) >= 11 is 0. The molecule has 1 aliphatic carbocycles. The Morgan fingerprint density at radius 3 is 1.40 bits per heavy atom. The van der Waals surface area contributed by atoms with Crippen LogP contribution in [0.2, 0.25) is 0 Å². The largest absolute Gasteiger partial charge is 0.456 e. The third-order valence-electron chi connectivity index (χ3n) is 10.5. The Morgan fingerprint density at radius 2 is 0.680 bits per heavy atom. The number of fused-ring (bicyclic) bond motifs is 14. The van der Waals surface area contributed by atoms with E-state index < -0.39 is 0 Å². The van der Waals surface area contributed by atoms with Crippen LogP contribution in [0.1, 0.15) is 0 Å². The summed E-state index contributed by atoms with van der Waals surface area (Å²) in [5.74, 6) is 0. The Balaban J connectivity index is 1.17. The summed E-state index contributed by atoms with van der Waals surface area (Å²) in [6, 6.07) is 61.1. The Hall–Kier alpha value is -6.64. The summed E-state index contributed by atoms with van der Waals surface area (Å²) in [6.45, 7) is 0. The Morgan fingerprint density at radius 1 is 0.240 bits per heavy atom. The SMILES string of the molecule is c1ccc2c(c1)-c1ccccc1-c1cc(-c3ccc4oc5ccccc5c4c3)ccc1-c1cc(-c3cccc4c3oc3ccccc34)ccc1-2. The van der Waals surface area contributed by atoms with Crippen LogP contribution in [0.3, 0.4) is 0 Å². The van der Waals surface area contributed by atoms with Crippen molar-refractivity contribution in [3.63, 3.8) is 0 Å². The zero-order valence-electron chi connectivity index (χ0n) is 27.0. The molecule has 2 heterocycles. The zero-order valence-corrected chi connectivity index (χ0v) is 27.0. The van der Waals surface area contributed by atoms with Crippen molar-refractivity contribution in [2.45, 2.75) is 0 Å². The zero-order chi connectivity index (χ0) is 32.8. The van der Waals surface area contributed by atoms with Crippen molar-refractivity contribution in [3.05, 3.63) is 170 Å². The molecule has 0 spiro atoms. The maximum absolute atomic E-state index is 6.51. The molecule has 0 aliphatic heterocycles. The van der Waals surface area contributed by atoms with Gasteiger partial charge in [0.15, 0.2) is 0 Å². The van der Waals surface area contributed by atoms with E-state index in [1.807, 2.05) is 18.2 Å². The van der Waals surface area contributed by atoms with Gasteiger partial charge in [0.1, 0.15) is 22.3 Å². The van der Waals surface area contributed by atoms with Gasteiger partial charge < -0.3 is 8.83 Å². The van der Waals surface area contributed by atoms with Crippen molar-refractivity contribution in [3.8, 4) is 66.8 Å². The van der Waals surface area contributed by atoms with Crippen LogP contribution in [0.25, 0.3) is 111 Å². The number of hydrogen-bond acceptors (Lipinski definition) is 2. The van der Waals surface area contributed by atoms with Crippen LogP contribution >= 0.6 is 0 Å². The fourth-order valence-electron chi connectivity index (χ4n) is 8.14. The van der Waals surface area contributed by atoms with Gasteiger partial charge in [0.2, 0.25) is 0 Å². The van der Waals surface area contributed by atoms with Gasteiger partial charge >= 0.3 is 0 Å². The second-order valence-electron chi connectivity index (χ2n) is 13.2. The van der Waals surface area contributed by atoms with Gasteiger partial charge in [0.25, 0.3) is 0 Å². The minimum Gasteiger partial charge on any atom is -0.456 e. The van der Waals surface area contributed by atoms with Gasteiger partial charge in [-0.05, 0) is 97.6 Å². The van der Waals surface area contributed by atoms with Gasteiger partial charge in [-0.25, -0.2) is 0 Å². The first-order valence-corrected chi connectivity index (χ1v) is 17.1. The van der Waals surface area contributed by atoms with Crippen molar-refractivity contribution in [1.82, 2.24) is 0 Å². The lowest BCUT2D eigenvalue weighted by Gasteiger charge is -2.24. The summed E-state index contributed by atoms with van der Waals surface area (Å²) in [5.41, 5.74) is 18.0. The van der Waals surface area contributed by atoms with E-state index in [0.717, 1.165) is 60.6 Å². The fraction of sp³-hybridized carbons (Fsp3) is 0. The summed E-state index contributed by atoms with van der Waals surface area (Å²) in [6.07, 6.45) is 0. The lowest BCUT2D eigenvalue weighted by atomic mass is 9.79. The molecule has 0 N–H and O–H groups in total. The number of furan rings is 2. The van der Waals surface area contributed by atoms with Crippen LogP contribution in [0, 0.1) is 0 Å². The molecule has 2 aromatic heterocycles. The second kappa shape index (κ2) is 10.4. The van der Waals surface area contributed by atoms with E-state index in [1.165, 1.54) is 50.1 Å². The molecule has 50 heavy (non-hydrogen) atoms. The monoisotopic (exact) mass is 636 g/mol. The highest BCUT2D eigenvalue weighted by Crippen LogP contribution is 2.50. The van der Waals surface area contributed by atoms with Gasteiger partial charge in [-0.15, -0.1) is 0 Å². The minimum absolute atomic E-state index is 0.907. The smallest absolute Gasteiger partial charge is 0.143 e. The number of benzene rings is 8. The molecule has 232 valence electrons. The summed E-state index contributed by atoms with van der Waals surface area (Å²) < 4.78 is 12.7. The van der Waals surface area contributed by atoms with E-state index in [1.54, 1.807) is 0 Å². The predicted molar refractivity (Wildman–Crippen MR) is 207 cm³/mol. The first-order valence-electron chi connectivity index (χ1n) is 17.1. The van der Waals surface area contributed by atoms with Gasteiger partial charge in [-0.3, -0.25) is 0 Å². The van der Waals surface area contributed by atoms with Gasteiger partial charge in [0, 0.05) is 27.1 Å². The molecule has 2 heteroatoms. The molecule has 0 amide bonds. The van der Waals surface area contributed by atoms with Crippen LogP contribution in [0.4, 0.5) is 0 Å². The molecule has 0 unspecified atom stereocenters. The van der Waals surface area contributed by atoms with Crippen molar-refractivity contribution in [1.29, 1.82) is 0 Å². The molecule has 0 saturated carbocycles. The Bertz CT molecular complexity index is 2990. The molecule has 11 rings (SSSR count). The average molecular weight is 637 g/mol. The van der Waals surface area contributed by atoms with E-state index >= 15 is 0 Å². The van der Waals surface area contributed by atoms with E-state index in [2.05, 4.69) is 152 Å². The quantitative estimate of drug-likeness (QED) is 0.189. The van der Waals surface area contributed by atoms with E-state index in [4.69, 9.17) is 8.83 Å². The van der Waals surface area contributed by atoms with Crippen LogP contribution < -0.4 is 0 Å². The molecule has 0 radical (unpaired) electrons. The third kappa shape index (κ3) is 3.96. The van der Waals surface area contributed by atoms with Gasteiger partial charge in [-0.1, -0.05) is 133 Å². The van der Waals surface area contributed by atoms with E-state index in [-0.39, 0.29) is 0 Å². The number of rotatable bonds is 2. The van der Waals surface area contributed by atoms with E-state index in [0.29, 0.717) is 0 Å². The third-order valence-corrected chi connectivity index (χ3v) is 10.5. The highest BCUT2D eigenvalue weighted by atomic mass is 16.3. The lowest BCUT2D eigenvalue weighted by molar-refractivity contribution is 0.669. The second-order valence-corrected chi connectivity index (χ2v) is 13.2. The Kier molecular flexibility index (Phi) is 5.70. The lowest BCUT2D eigenvalue weighted by Crippen LogP contribution is -1.98. The molecule has 0 fully saturated rings. The average Bonchev–Trinajstić information content (AvgIpc) is 3.75. The van der Waals surface area contributed by atoms with Crippen LogP contribution in [-0.4, -0.2) is 0 Å². The van der Waals surface area contributed by atoms with Gasteiger partial charge in [0.05, 0.1) is 0 Å².